The van der Waals surface area contributed by atoms with Crippen LogP contribution in [-0.4, -0.2) is 65.9 Å². The van der Waals surface area contributed by atoms with Crippen molar-refractivity contribution in [2.24, 2.45) is 5.92 Å². The lowest BCUT2D eigenvalue weighted by molar-refractivity contribution is -0.147. The number of carbonyl (C=O) groups is 4. The van der Waals surface area contributed by atoms with Crippen LogP contribution in [0.1, 0.15) is 63.2 Å². The van der Waals surface area contributed by atoms with Crippen LogP contribution in [-0.2, 0) is 19.1 Å². The summed E-state index contributed by atoms with van der Waals surface area (Å²) in [5.74, 6) is -0.584. The van der Waals surface area contributed by atoms with E-state index in [4.69, 9.17) is 4.74 Å². The molecule has 2 aliphatic rings. The number of rotatable bonds is 9. The van der Waals surface area contributed by atoms with Crippen molar-refractivity contribution in [3.05, 3.63) is 29.8 Å². The van der Waals surface area contributed by atoms with Crippen molar-refractivity contribution in [3.8, 4) is 0 Å². The number of nitrogens with zero attached hydrogens (tertiary/aromatic N) is 3. The molecule has 8 nitrogen and oxygen atoms in total. The lowest BCUT2D eigenvalue weighted by Crippen LogP contribution is -2.62. The average Bonchev–Trinajstić information content (AvgIpc) is 3.11. The molecule has 0 saturated carbocycles. The van der Waals surface area contributed by atoms with Gasteiger partial charge in [0.2, 0.25) is 11.8 Å². The lowest BCUT2D eigenvalue weighted by atomic mass is 9.98. The molecule has 1 atom stereocenters. The van der Waals surface area contributed by atoms with Crippen LogP contribution >= 0.6 is 0 Å². The number of ether oxygens (including phenoxy) is 1. The van der Waals surface area contributed by atoms with Gasteiger partial charge in [-0.3, -0.25) is 24.1 Å². The molecule has 0 spiro atoms. The predicted octanol–water partition coefficient (Wildman–Crippen LogP) is 2.81. The Labute approximate surface area is 189 Å². The molecule has 0 aliphatic carbocycles. The minimum Gasteiger partial charge on any atom is -0.468 e. The Morgan fingerprint density at radius 1 is 1.19 bits per heavy atom. The van der Waals surface area contributed by atoms with E-state index in [0.717, 1.165) is 12.8 Å². The fourth-order valence-electron chi connectivity index (χ4n) is 4.74. The molecule has 0 N–H and O–H groups in total. The topological polar surface area (TPSA) is 87.2 Å². The smallest absolute Gasteiger partial charge is 0.325 e. The first-order valence-electron chi connectivity index (χ1n) is 11.3. The van der Waals surface area contributed by atoms with Gasteiger partial charge in [0.05, 0.1) is 18.4 Å². The van der Waals surface area contributed by atoms with Crippen molar-refractivity contribution in [1.82, 2.24) is 9.80 Å². The standard InChI is InChI=1S/C24H33N3O5/c1-5-17(6-2)15-25(16-22(30)32-4)20(28)12-14-26-23(31)18-9-7-8-10-19(18)27-21(29)11-13-24(26,27)3/h7-10,17H,5-6,11-16H2,1-4H3/t24-/m0/s1. The Morgan fingerprint density at radius 3 is 2.53 bits per heavy atom. The van der Waals surface area contributed by atoms with E-state index in [1.807, 2.05) is 13.0 Å². The maximum atomic E-state index is 13.3. The van der Waals surface area contributed by atoms with Gasteiger partial charge in [0.15, 0.2) is 0 Å². The highest BCUT2D eigenvalue weighted by atomic mass is 16.5. The SMILES string of the molecule is CCC(CC)CN(CC(=O)OC)C(=O)CCN1C(=O)c2ccccc2N2C(=O)CC[C@@]12C. The highest BCUT2D eigenvalue weighted by molar-refractivity contribution is 6.10. The molecular formula is C24H33N3O5. The minimum atomic E-state index is -0.800. The van der Waals surface area contributed by atoms with Gasteiger partial charge >= 0.3 is 5.97 Å². The molecule has 174 valence electrons. The Kier molecular flexibility index (Phi) is 7.21. The summed E-state index contributed by atoms with van der Waals surface area (Å²) < 4.78 is 4.77. The molecule has 1 aromatic carbocycles. The molecule has 1 fully saturated rings. The fraction of sp³-hybridized carbons (Fsp3) is 0.583. The van der Waals surface area contributed by atoms with Gasteiger partial charge in [0, 0.05) is 25.9 Å². The number of para-hydroxylation sites is 1. The van der Waals surface area contributed by atoms with Crippen LogP contribution in [0.3, 0.4) is 0 Å². The summed E-state index contributed by atoms with van der Waals surface area (Å²) in [6.07, 6.45) is 2.74. The van der Waals surface area contributed by atoms with E-state index in [1.54, 1.807) is 28.0 Å². The van der Waals surface area contributed by atoms with Gasteiger partial charge in [-0.1, -0.05) is 38.8 Å². The van der Waals surface area contributed by atoms with Crippen molar-refractivity contribution in [2.75, 3.05) is 31.6 Å². The van der Waals surface area contributed by atoms with Crippen LogP contribution in [0, 0.1) is 5.92 Å². The van der Waals surface area contributed by atoms with Crippen molar-refractivity contribution in [1.29, 1.82) is 0 Å². The molecule has 0 aromatic heterocycles. The molecule has 0 bridgehead atoms. The summed E-state index contributed by atoms with van der Waals surface area (Å²) in [4.78, 5) is 55.9. The number of carbonyl (C=O) groups excluding carboxylic acids is 4. The minimum absolute atomic E-state index is 0.0233. The van der Waals surface area contributed by atoms with E-state index in [-0.39, 0.29) is 43.1 Å². The van der Waals surface area contributed by atoms with Gasteiger partial charge in [0.1, 0.15) is 12.2 Å². The van der Waals surface area contributed by atoms with E-state index in [0.29, 0.717) is 30.6 Å². The predicted molar refractivity (Wildman–Crippen MR) is 120 cm³/mol. The largest absolute Gasteiger partial charge is 0.468 e. The van der Waals surface area contributed by atoms with Crippen LogP contribution in [0.4, 0.5) is 5.69 Å². The maximum absolute atomic E-state index is 13.3. The maximum Gasteiger partial charge on any atom is 0.325 e. The normalized spacial score (nSPS) is 19.8. The summed E-state index contributed by atoms with van der Waals surface area (Å²) in [5, 5.41) is 0. The molecule has 2 aliphatic heterocycles. The Balaban J connectivity index is 1.80. The Hall–Kier alpha value is -2.90. The summed E-state index contributed by atoms with van der Waals surface area (Å²) in [6.45, 7) is 6.54. The molecule has 32 heavy (non-hydrogen) atoms. The number of methoxy groups -OCH3 is 1. The van der Waals surface area contributed by atoms with Crippen LogP contribution < -0.4 is 4.90 Å². The summed E-state index contributed by atoms with van der Waals surface area (Å²) in [7, 11) is 1.30. The van der Waals surface area contributed by atoms with Gasteiger partial charge < -0.3 is 14.5 Å². The monoisotopic (exact) mass is 443 g/mol. The first-order valence-corrected chi connectivity index (χ1v) is 11.3. The van der Waals surface area contributed by atoms with Gasteiger partial charge in [-0.15, -0.1) is 0 Å². The molecule has 3 rings (SSSR count). The van der Waals surface area contributed by atoms with Crippen molar-refractivity contribution in [3.63, 3.8) is 0 Å². The summed E-state index contributed by atoms with van der Waals surface area (Å²) in [6, 6.07) is 7.11. The van der Waals surface area contributed by atoms with Crippen LogP contribution in [0.15, 0.2) is 24.3 Å². The van der Waals surface area contributed by atoms with Crippen molar-refractivity contribution in [2.45, 2.75) is 58.5 Å². The number of hydrogen-bond acceptors (Lipinski definition) is 5. The number of benzene rings is 1. The molecule has 0 unspecified atom stereocenters. The quantitative estimate of drug-likeness (QED) is 0.548. The second-order valence-electron chi connectivity index (χ2n) is 8.70. The Morgan fingerprint density at radius 2 is 1.88 bits per heavy atom. The zero-order chi connectivity index (χ0) is 23.5. The van der Waals surface area contributed by atoms with Gasteiger partial charge in [-0.25, -0.2) is 0 Å². The molecule has 3 amide bonds. The number of fused-ring (bicyclic) bond motifs is 3. The van der Waals surface area contributed by atoms with Gasteiger partial charge in [0.25, 0.3) is 5.91 Å². The second-order valence-corrected chi connectivity index (χ2v) is 8.70. The number of esters is 1. The van der Waals surface area contributed by atoms with Crippen LogP contribution in [0.2, 0.25) is 0 Å². The zero-order valence-corrected chi connectivity index (χ0v) is 19.4. The third kappa shape index (κ3) is 4.36. The first-order chi connectivity index (χ1) is 15.3. The molecule has 0 radical (unpaired) electrons. The lowest BCUT2D eigenvalue weighted by Gasteiger charge is -2.48. The van der Waals surface area contributed by atoms with Gasteiger partial charge in [-0.05, 0) is 31.4 Å². The number of amides is 3. The molecule has 1 aromatic rings. The average molecular weight is 444 g/mol. The molecule has 2 heterocycles. The Bertz CT molecular complexity index is 897. The molecular weight excluding hydrogens is 410 g/mol. The van der Waals surface area contributed by atoms with E-state index in [2.05, 4.69) is 13.8 Å². The second kappa shape index (κ2) is 9.71. The molecule has 8 heteroatoms. The van der Waals surface area contributed by atoms with Gasteiger partial charge in [-0.2, -0.15) is 0 Å². The van der Waals surface area contributed by atoms with Crippen LogP contribution in [0.5, 0.6) is 0 Å². The van der Waals surface area contributed by atoms with Crippen LogP contribution in [0.25, 0.3) is 0 Å². The molecule has 1 saturated heterocycles. The number of anilines is 1. The highest BCUT2D eigenvalue weighted by Gasteiger charge is 2.52. The fourth-order valence-corrected chi connectivity index (χ4v) is 4.74. The number of hydrogen-bond donors (Lipinski definition) is 0. The summed E-state index contributed by atoms with van der Waals surface area (Å²) in [5.41, 5.74) is 0.299. The van der Waals surface area contributed by atoms with E-state index >= 15 is 0 Å². The van der Waals surface area contributed by atoms with Crippen molar-refractivity contribution < 1.29 is 23.9 Å². The summed E-state index contributed by atoms with van der Waals surface area (Å²) >= 11 is 0. The van der Waals surface area contributed by atoms with E-state index in [1.165, 1.54) is 12.0 Å². The highest BCUT2D eigenvalue weighted by Crippen LogP contribution is 2.44. The third-order valence-corrected chi connectivity index (χ3v) is 6.83. The van der Waals surface area contributed by atoms with E-state index < -0.39 is 11.6 Å². The van der Waals surface area contributed by atoms with E-state index in [9.17, 15) is 19.2 Å². The zero-order valence-electron chi connectivity index (χ0n) is 19.4. The third-order valence-electron chi connectivity index (χ3n) is 6.83. The first kappa shape index (κ1) is 23.8. The van der Waals surface area contributed by atoms with Crippen molar-refractivity contribution >= 4 is 29.4 Å².